The molecule has 0 heterocycles. The maximum Gasteiger partial charge on any atom is 0.330 e. The van der Waals surface area contributed by atoms with Gasteiger partial charge < -0.3 is 14.3 Å². The van der Waals surface area contributed by atoms with Crippen LogP contribution in [0.4, 0.5) is 0 Å². The third kappa shape index (κ3) is 8.39. The van der Waals surface area contributed by atoms with E-state index in [1.807, 2.05) is 6.92 Å². The fourth-order valence-electron chi connectivity index (χ4n) is 1.53. The molecule has 0 aromatic rings. The van der Waals surface area contributed by atoms with E-state index in [1.165, 1.54) is 6.08 Å². The molecular formula is C16H32O4Si. The molecule has 0 fully saturated rings. The zero-order valence-electron chi connectivity index (χ0n) is 14.6. The van der Waals surface area contributed by atoms with Crippen LogP contribution in [0.15, 0.2) is 12.2 Å². The number of esters is 1. The first-order valence-corrected chi connectivity index (χ1v) is 10.6. The molecule has 0 radical (unpaired) electrons. The maximum atomic E-state index is 11.2. The van der Waals surface area contributed by atoms with E-state index in [-0.39, 0.29) is 16.9 Å². The maximum absolute atomic E-state index is 11.2. The van der Waals surface area contributed by atoms with Gasteiger partial charge >= 0.3 is 5.97 Å². The Labute approximate surface area is 130 Å². The van der Waals surface area contributed by atoms with Crippen LogP contribution in [0.1, 0.15) is 41.0 Å². The lowest BCUT2D eigenvalue weighted by Gasteiger charge is -2.36. The second-order valence-electron chi connectivity index (χ2n) is 7.05. The topological polar surface area (TPSA) is 55.8 Å². The number of aliphatic hydroxyl groups is 1. The second kappa shape index (κ2) is 8.71. The standard InChI is InChI=1S/C16H32O4Si/c1-8-19-15(18)10-9-13(2)11-14(17)12-20-21(6,7)16(3,4)5/h9-10,13-14,17H,8,11-12H2,1-7H3/b10-9+/t13-,14-/m0/s1. The Balaban J connectivity index is 4.20. The molecule has 124 valence electrons. The minimum absolute atomic E-state index is 0.104. The van der Waals surface area contributed by atoms with E-state index in [4.69, 9.17) is 9.16 Å². The predicted molar refractivity (Wildman–Crippen MR) is 88.7 cm³/mol. The summed E-state index contributed by atoms with van der Waals surface area (Å²) in [6.07, 6.45) is 3.26. The van der Waals surface area contributed by atoms with Crippen LogP contribution >= 0.6 is 0 Å². The highest BCUT2D eigenvalue weighted by Crippen LogP contribution is 2.36. The van der Waals surface area contributed by atoms with Crippen molar-refractivity contribution in [1.29, 1.82) is 0 Å². The van der Waals surface area contributed by atoms with Crippen LogP contribution in [0.5, 0.6) is 0 Å². The molecule has 0 aliphatic carbocycles. The molecule has 0 saturated heterocycles. The van der Waals surface area contributed by atoms with Gasteiger partial charge in [0.15, 0.2) is 8.32 Å². The second-order valence-corrected chi connectivity index (χ2v) is 11.9. The van der Waals surface area contributed by atoms with Crippen molar-refractivity contribution >= 4 is 14.3 Å². The van der Waals surface area contributed by atoms with Gasteiger partial charge in [0.05, 0.1) is 19.3 Å². The predicted octanol–water partition coefficient (Wildman–Crippen LogP) is 3.51. The van der Waals surface area contributed by atoms with Crippen molar-refractivity contribution in [2.45, 2.75) is 65.3 Å². The van der Waals surface area contributed by atoms with Crippen LogP contribution in [0, 0.1) is 5.92 Å². The van der Waals surface area contributed by atoms with Crippen molar-refractivity contribution in [1.82, 2.24) is 0 Å². The highest BCUT2D eigenvalue weighted by atomic mass is 28.4. The molecule has 4 nitrogen and oxygen atoms in total. The average Bonchev–Trinajstić information content (AvgIpc) is 2.33. The minimum Gasteiger partial charge on any atom is -0.463 e. The molecule has 0 aliphatic rings. The summed E-state index contributed by atoms with van der Waals surface area (Å²) >= 11 is 0. The van der Waals surface area contributed by atoms with E-state index in [0.717, 1.165) is 0 Å². The van der Waals surface area contributed by atoms with Gasteiger partial charge in [-0.05, 0) is 37.4 Å². The first kappa shape index (κ1) is 20.3. The molecular weight excluding hydrogens is 284 g/mol. The van der Waals surface area contributed by atoms with Crippen LogP contribution < -0.4 is 0 Å². The van der Waals surface area contributed by atoms with Gasteiger partial charge in [-0.25, -0.2) is 4.79 Å². The molecule has 5 heteroatoms. The summed E-state index contributed by atoms with van der Waals surface area (Å²) < 4.78 is 10.8. The summed E-state index contributed by atoms with van der Waals surface area (Å²) in [6, 6.07) is 0. The monoisotopic (exact) mass is 316 g/mol. The summed E-state index contributed by atoms with van der Waals surface area (Å²) in [5.74, 6) is -0.233. The van der Waals surface area contributed by atoms with Gasteiger partial charge in [-0.15, -0.1) is 0 Å². The number of allylic oxidation sites excluding steroid dienone is 1. The molecule has 0 unspecified atom stereocenters. The van der Waals surface area contributed by atoms with E-state index in [1.54, 1.807) is 13.0 Å². The summed E-state index contributed by atoms with van der Waals surface area (Å²) in [6.45, 7) is 15.3. The number of hydrogen-bond acceptors (Lipinski definition) is 4. The Hall–Kier alpha value is -0.653. The van der Waals surface area contributed by atoms with Crippen LogP contribution in [0.3, 0.4) is 0 Å². The molecule has 2 atom stereocenters. The minimum atomic E-state index is -1.82. The van der Waals surface area contributed by atoms with E-state index >= 15 is 0 Å². The highest BCUT2D eigenvalue weighted by Gasteiger charge is 2.37. The van der Waals surface area contributed by atoms with Crippen LogP contribution in [-0.4, -0.2) is 38.7 Å². The number of rotatable bonds is 8. The van der Waals surface area contributed by atoms with Gasteiger partial charge in [-0.3, -0.25) is 0 Å². The SMILES string of the molecule is CCOC(=O)/C=C/[C@H](C)C[C@H](O)CO[Si](C)(C)C(C)(C)C. The van der Waals surface area contributed by atoms with Gasteiger partial charge in [-0.1, -0.05) is 33.8 Å². The van der Waals surface area contributed by atoms with Crippen LogP contribution in [0.25, 0.3) is 0 Å². The number of hydrogen-bond donors (Lipinski definition) is 1. The molecule has 0 aromatic heterocycles. The van der Waals surface area contributed by atoms with Crippen molar-refractivity contribution in [3.05, 3.63) is 12.2 Å². The Kier molecular flexibility index (Phi) is 8.44. The molecule has 21 heavy (non-hydrogen) atoms. The molecule has 0 saturated carbocycles. The average molecular weight is 317 g/mol. The molecule has 0 rings (SSSR count). The molecule has 0 bridgehead atoms. The van der Waals surface area contributed by atoms with Gasteiger partial charge in [0.1, 0.15) is 0 Å². The van der Waals surface area contributed by atoms with E-state index < -0.39 is 14.4 Å². The Bertz CT molecular complexity index is 345. The van der Waals surface area contributed by atoms with Crippen molar-refractivity contribution < 1.29 is 19.1 Å². The summed E-state index contributed by atoms with van der Waals surface area (Å²) in [4.78, 5) is 11.2. The third-order valence-electron chi connectivity index (χ3n) is 3.93. The lowest BCUT2D eigenvalue weighted by atomic mass is 10.0. The zero-order valence-corrected chi connectivity index (χ0v) is 15.6. The van der Waals surface area contributed by atoms with Crippen molar-refractivity contribution in [3.8, 4) is 0 Å². The van der Waals surface area contributed by atoms with Gasteiger partial charge in [0.25, 0.3) is 0 Å². The number of ether oxygens (including phenoxy) is 1. The Morgan fingerprint density at radius 3 is 2.38 bits per heavy atom. The Morgan fingerprint density at radius 2 is 1.90 bits per heavy atom. The smallest absolute Gasteiger partial charge is 0.330 e. The van der Waals surface area contributed by atoms with E-state index in [9.17, 15) is 9.90 Å². The third-order valence-corrected chi connectivity index (χ3v) is 8.43. The van der Waals surface area contributed by atoms with E-state index in [0.29, 0.717) is 19.6 Å². The largest absolute Gasteiger partial charge is 0.463 e. The van der Waals surface area contributed by atoms with Crippen molar-refractivity contribution in [2.75, 3.05) is 13.2 Å². The van der Waals surface area contributed by atoms with Gasteiger partial charge in [-0.2, -0.15) is 0 Å². The highest BCUT2D eigenvalue weighted by molar-refractivity contribution is 6.74. The van der Waals surface area contributed by atoms with Gasteiger partial charge in [0.2, 0.25) is 0 Å². The lowest BCUT2D eigenvalue weighted by Crippen LogP contribution is -2.42. The van der Waals surface area contributed by atoms with Crippen molar-refractivity contribution in [3.63, 3.8) is 0 Å². The number of carbonyl (C=O) groups excluding carboxylic acids is 1. The van der Waals surface area contributed by atoms with Gasteiger partial charge in [0, 0.05) is 6.08 Å². The number of carbonyl (C=O) groups is 1. The molecule has 0 spiro atoms. The van der Waals surface area contributed by atoms with Crippen LogP contribution in [0.2, 0.25) is 18.1 Å². The Morgan fingerprint density at radius 1 is 1.33 bits per heavy atom. The fraction of sp³-hybridized carbons (Fsp3) is 0.812. The van der Waals surface area contributed by atoms with E-state index in [2.05, 4.69) is 33.9 Å². The number of aliphatic hydroxyl groups excluding tert-OH is 1. The first-order chi connectivity index (χ1) is 9.49. The normalized spacial score (nSPS) is 16.0. The quantitative estimate of drug-likeness (QED) is 0.423. The fourth-order valence-corrected chi connectivity index (χ4v) is 2.57. The molecule has 0 aliphatic heterocycles. The first-order valence-electron chi connectivity index (χ1n) is 7.66. The molecule has 0 amide bonds. The summed E-state index contributed by atoms with van der Waals surface area (Å²) in [7, 11) is -1.82. The molecule has 1 N–H and O–H groups in total. The summed E-state index contributed by atoms with van der Waals surface area (Å²) in [5, 5.41) is 10.2. The van der Waals surface area contributed by atoms with Crippen LogP contribution in [-0.2, 0) is 14.0 Å². The molecule has 0 aromatic carbocycles. The van der Waals surface area contributed by atoms with Crippen molar-refractivity contribution in [2.24, 2.45) is 5.92 Å². The lowest BCUT2D eigenvalue weighted by molar-refractivity contribution is -0.137. The zero-order chi connectivity index (χ0) is 16.7. The summed E-state index contributed by atoms with van der Waals surface area (Å²) in [5.41, 5.74) is 0.